The third-order valence-corrected chi connectivity index (χ3v) is 4.43. The molecule has 0 saturated carbocycles. The van der Waals surface area contributed by atoms with Crippen molar-refractivity contribution in [1.29, 1.82) is 0 Å². The van der Waals surface area contributed by atoms with Crippen LogP contribution in [-0.4, -0.2) is 40.0 Å². The van der Waals surface area contributed by atoms with Gasteiger partial charge in [-0.05, 0) is 43.9 Å². The molecule has 0 radical (unpaired) electrons. The van der Waals surface area contributed by atoms with Gasteiger partial charge in [0.15, 0.2) is 5.69 Å². The molecule has 1 aliphatic rings. The van der Waals surface area contributed by atoms with Crippen molar-refractivity contribution in [2.75, 3.05) is 18.4 Å². The fourth-order valence-electron chi connectivity index (χ4n) is 3.11. The number of likely N-dealkylation sites (tertiary alicyclic amines) is 1. The largest absolute Gasteiger partial charge is 0.339 e. The first-order valence-electron chi connectivity index (χ1n) is 8.93. The lowest BCUT2D eigenvalue weighted by Crippen LogP contribution is -2.36. The standard InChI is InChI=1S/C19H24N4O2/c1-2-8-14-13-17(22-21-14)18(24)20-16-10-5-4-9-15(16)19(25)23-11-6-3-7-12-23/h4-5,9-10,13H,2-3,6-8,11-12H2,1H3,(H,20,24)(H,21,22). The number of piperidine rings is 1. The monoisotopic (exact) mass is 340 g/mol. The van der Waals surface area contributed by atoms with Crippen LogP contribution in [0.15, 0.2) is 30.3 Å². The fourth-order valence-corrected chi connectivity index (χ4v) is 3.11. The second kappa shape index (κ2) is 7.96. The molecular formula is C19H24N4O2. The lowest BCUT2D eigenvalue weighted by Gasteiger charge is -2.27. The molecule has 0 bridgehead atoms. The highest BCUT2D eigenvalue weighted by Crippen LogP contribution is 2.20. The number of carbonyl (C=O) groups excluding carboxylic acids is 2. The Morgan fingerprint density at radius 1 is 1.20 bits per heavy atom. The highest BCUT2D eigenvalue weighted by molar-refractivity contribution is 6.08. The van der Waals surface area contributed by atoms with Gasteiger partial charge in [-0.3, -0.25) is 14.7 Å². The molecule has 0 unspecified atom stereocenters. The topological polar surface area (TPSA) is 78.1 Å². The Kier molecular flexibility index (Phi) is 5.48. The van der Waals surface area contributed by atoms with E-state index in [4.69, 9.17) is 0 Å². The van der Waals surface area contributed by atoms with Crippen LogP contribution < -0.4 is 5.32 Å². The number of hydrogen-bond donors (Lipinski definition) is 2. The predicted octanol–water partition coefficient (Wildman–Crippen LogP) is 3.24. The summed E-state index contributed by atoms with van der Waals surface area (Å²) in [6, 6.07) is 8.92. The highest BCUT2D eigenvalue weighted by Gasteiger charge is 2.21. The maximum Gasteiger partial charge on any atom is 0.276 e. The summed E-state index contributed by atoms with van der Waals surface area (Å²) in [6.07, 6.45) is 5.07. The van der Waals surface area contributed by atoms with Crippen LogP contribution in [0.5, 0.6) is 0 Å². The highest BCUT2D eigenvalue weighted by atomic mass is 16.2. The Morgan fingerprint density at radius 2 is 1.96 bits per heavy atom. The Balaban J connectivity index is 1.75. The lowest BCUT2D eigenvalue weighted by atomic mass is 10.1. The van der Waals surface area contributed by atoms with Gasteiger partial charge >= 0.3 is 0 Å². The van der Waals surface area contributed by atoms with E-state index in [2.05, 4.69) is 22.4 Å². The lowest BCUT2D eigenvalue weighted by molar-refractivity contribution is 0.0725. The Hall–Kier alpha value is -2.63. The number of para-hydroxylation sites is 1. The molecule has 0 atom stereocenters. The van der Waals surface area contributed by atoms with Crippen molar-refractivity contribution in [3.63, 3.8) is 0 Å². The van der Waals surface area contributed by atoms with Gasteiger partial charge in [0.2, 0.25) is 0 Å². The molecule has 2 N–H and O–H groups in total. The van der Waals surface area contributed by atoms with Crippen LogP contribution in [0.3, 0.4) is 0 Å². The van der Waals surface area contributed by atoms with E-state index in [-0.39, 0.29) is 11.8 Å². The molecule has 1 aliphatic heterocycles. The molecule has 25 heavy (non-hydrogen) atoms. The molecule has 132 valence electrons. The van der Waals surface area contributed by atoms with E-state index in [0.717, 1.165) is 44.5 Å². The van der Waals surface area contributed by atoms with E-state index >= 15 is 0 Å². The zero-order valence-corrected chi connectivity index (χ0v) is 14.5. The van der Waals surface area contributed by atoms with E-state index < -0.39 is 0 Å². The van der Waals surface area contributed by atoms with Crippen molar-refractivity contribution in [2.45, 2.75) is 39.0 Å². The van der Waals surface area contributed by atoms with Gasteiger partial charge in [-0.25, -0.2) is 0 Å². The second-order valence-corrected chi connectivity index (χ2v) is 6.38. The first kappa shape index (κ1) is 17.2. The van der Waals surface area contributed by atoms with E-state index in [1.165, 1.54) is 6.42 Å². The maximum absolute atomic E-state index is 12.8. The summed E-state index contributed by atoms with van der Waals surface area (Å²) in [7, 11) is 0. The van der Waals surface area contributed by atoms with Crippen molar-refractivity contribution >= 4 is 17.5 Å². The van der Waals surface area contributed by atoms with Gasteiger partial charge in [-0.2, -0.15) is 5.10 Å². The van der Waals surface area contributed by atoms with E-state index in [0.29, 0.717) is 16.9 Å². The minimum atomic E-state index is -0.308. The van der Waals surface area contributed by atoms with Gasteiger partial charge in [0, 0.05) is 18.8 Å². The summed E-state index contributed by atoms with van der Waals surface area (Å²) in [4.78, 5) is 27.1. The Labute approximate surface area is 147 Å². The number of aromatic nitrogens is 2. The smallest absolute Gasteiger partial charge is 0.276 e. The quantitative estimate of drug-likeness (QED) is 0.877. The molecule has 6 nitrogen and oxygen atoms in total. The average Bonchev–Trinajstić information content (AvgIpc) is 3.11. The Morgan fingerprint density at radius 3 is 2.72 bits per heavy atom. The first-order chi connectivity index (χ1) is 12.2. The molecule has 1 aromatic heterocycles. The normalized spacial score (nSPS) is 14.4. The van der Waals surface area contributed by atoms with Crippen molar-refractivity contribution in [1.82, 2.24) is 15.1 Å². The van der Waals surface area contributed by atoms with E-state index in [1.807, 2.05) is 17.0 Å². The van der Waals surface area contributed by atoms with Gasteiger partial charge in [-0.1, -0.05) is 25.5 Å². The molecule has 2 heterocycles. The van der Waals surface area contributed by atoms with Crippen molar-refractivity contribution in [2.24, 2.45) is 0 Å². The predicted molar refractivity (Wildman–Crippen MR) is 96.7 cm³/mol. The second-order valence-electron chi connectivity index (χ2n) is 6.38. The Bertz CT molecular complexity index is 747. The van der Waals surface area contributed by atoms with Gasteiger partial charge in [-0.15, -0.1) is 0 Å². The summed E-state index contributed by atoms with van der Waals surface area (Å²) in [5.41, 5.74) is 2.33. The number of carbonyl (C=O) groups is 2. The molecule has 0 aliphatic carbocycles. The molecule has 3 rings (SSSR count). The van der Waals surface area contributed by atoms with Crippen molar-refractivity contribution in [3.8, 4) is 0 Å². The maximum atomic E-state index is 12.8. The zero-order valence-electron chi connectivity index (χ0n) is 14.5. The zero-order chi connectivity index (χ0) is 17.6. The SMILES string of the molecule is CCCc1cc(C(=O)Nc2ccccc2C(=O)N2CCCCC2)n[nH]1. The number of H-pyrrole nitrogens is 1. The minimum absolute atomic E-state index is 0.0238. The van der Waals surface area contributed by atoms with Crippen LogP contribution in [0, 0.1) is 0 Å². The summed E-state index contributed by atoms with van der Waals surface area (Å²) in [5.74, 6) is -0.332. The number of aromatic amines is 1. The summed E-state index contributed by atoms with van der Waals surface area (Å²) >= 11 is 0. The van der Waals surface area contributed by atoms with E-state index in [9.17, 15) is 9.59 Å². The molecular weight excluding hydrogens is 316 g/mol. The number of nitrogens with zero attached hydrogens (tertiary/aromatic N) is 2. The third kappa shape index (κ3) is 4.07. The van der Waals surface area contributed by atoms with Crippen molar-refractivity contribution in [3.05, 3.63) is 47.3 Å². The van der Waals surface area contributed by atoms with Crippen LogP contribution >= 0.6 is 0 Å². The first-order valence-corrected chi connectivity index (χ1v) is 8.93. The molecule has 1 fully saturated rings. The number of benzene rings is 1. The minimum Gasteiger partial charge on any atom is -0.339 e. The molecule has 1 saturated heterocycles. The summed E-state index contributed by atoms with van der Waals surface area (Å²) in [6.45, 7) is 3.63. The number of amides is 2. The van der Waals surface area contributed by atoms with E-state index in [1.54, 1.807) is 18.2 Å². The number of anilines is 1. The number of hydrogen-bond acceptors (Lipinski definition) is 3. The molecule has 2 amide bonds. The van der Waals surface area contributed by atoms with Gasteiger partial charge < -0.3 is 10.2 Å². The molecule has 1 aromatic carbocycles. The van der Waals surface area contributed by atoms with Crippen LogP contribution in [0.1, 0.15) is 59.1 Å². The van der Waals surface area contributed by atoms with Crippen LogP contribution in [-0.2, 0) is 6.42 Å². The van der Waals surface area contributed by atoms with Gasteiger partial charge in [0.05, 0.1) is 11.3 Å². The molecule has 2 aromatic rings. The van der Waals surface area contributed by atoms with Crippen LogP contribution in [0.25, 0.3) is 0 Å². The fraction of sp³-hybridized carbons (Fsp3) is 0.421. The van der Waals surface area contributed by atoms with Gasteiger partial charge in [0.1, 0.15) is 0 Å². The summed E-state index contributed by atoms with van der Waals surface area (Å²) < 4.78 is 0. The molecule has 6 heteroatoms. The van der Waals surface area contributed by atoms with Crippen LogP contribution in [0.4, 0.5) is 5.69 Å². The van der Waals surface area contributed by atoms with Crippen LogP contribution in [0.2, 0.25) is 0 Å². The number of aryl methyl sites for hydroxylation is 1. The number of nitrogens with one attached hydrogen (secondary N) is 2. The summed E-state index contributed by atoms with van der Waals surface area (Å²) in [5, 5.41) is 9.77. The van der Waals surface area contributed by atoms with Crippen molar-refractivity contribution < 1.29 is 9.59 Å². The number of rotatable bonds is 5. The average molecular weight is 340 g/mol. The van der Waals surface area contributed by atoms with Gasteiger partial charge in [0.25, 0.3) is 11.8 Å². The third-order valence-electron chi connectivity index (χ3n) is 4.43. The molecule has 0 spiro atoms.